The standard InChI is InChI=1S/C8H13NO4/c1-8(2)12-5-4(3-9)11-7(10)6(5)13-8/h4-6H,3,9H2,1-2H3/t4-,5-,6-/m1/s1. The zero-order chi connectivity index (χ0) is 9.64. The predicted octanol–water partition coefficient (Wildman–Crippen LogP) is -0.609. The van der Waals surface area contributed by atoms with Crippen molar-refractivity contribution in [3.05, 3.63) is 0 Å². The van der Waals surface area contributed by atoms with Crippen molar-refractivity contribution in [3.63, 3.8) is 0 Å². The van der Waals surface area contributed by atoms with Gasteiger partial charge in [-0.05, 0) is 13.8 Å². The summed E-state index contributed by atoms with van der Waals surface area (Å²) >= 11 is 0. The fourth-order valence-corrected chi connectivity index (χ4v) is 1.71. The number of nitrogens with two attached hydrogens (primary N) is 1. The molecule has 13 heavy (non-hydrogen) atoms. The van der Waals surface area contributed by atoms with Gasteiger partial charge in [-0.1, -0.05) is 0 Å². The average Bonchev–Trinajstić information content (AvgIpc) is 2.47. The molecule has 2 rings (SSSR count). The summed E-state index contributed by atoms with van der Waals surface area (Å²) in [7, 11) is 0. The van der Waals surface area contributed by atoms with Crippen LogP contribution in [0.5, 0.6) is 0 Å². The van der Waals surface area contributed by atoms with Crippen molar-refractivity contribution in [1.29, 1.82) is 0 Å². The highest BCUT2D eigenvalue weighted by Crippen LogP contribution is 2.35. The molecule has 3 atom stereocenters. The Balaban J connectivity index is 2.17. The van der Waals surface area contributed by atoms with Crippen molar-refractivity contribution in [2.75, 3.05) is 6.54 Å². The third kappa shape index (κ3) is 1.33. The molecule has 0 aromatic carbocycles. The first-order valence-electron chi connectivity index (χ1n) is 4.30. The van der Waals surface area contributed by atoms with Gasteiger partial charge in [0.05, 0.1) is 0 Å². The second kappa shape index (κ2) is 2.67. The highest BCUT2D eigenvalue weighted by atomic mass is 16.8. The molecule has 0 bridgehead atoms. The van der Waals surface area contributed by atoms with Crippen molar-refractivity contribution >= 4 is 5.97 Å². The lowest BCUT2D eigenvalue weighted by atomic mass is 10.1. The Morgan fingerprint density at radius 1 is 1.46 bits per heavy atom. The average molecular weight is 187 g/mol. The molecule has 2 heterocycles. The molecule has 0 aliphatic carbocycles. The zero-order valence-corrected chi connectivity index (χ0v) is 7.65. The molecule has 0 aromatic rings. The summed E-state index contributed by atoms with van der Waals surface area (Å²) in [6.07, 6.45) is -1.30. The third-order valence-electron chi connectivity index (χ3n) is 2.23. The minimum Gasteiger partial charge on any atom is -0.456 e. The van der Waals surface area contributed by atoms with E-state index >= 15 is 0 Å². The van der Waals surface area contributed by atoms with Crippen LogP contribution in [0.15, 0.2) is 0 Å². The molecule has 74 valence electrons. The summed E-state index contributed by atoms with van der Waals surface area (Å²) in [5.41, 5.74) is 5.43. The lowest BCUT2D eigenvalue weighted by Crippen LogP contribution is -2.34. The number of carbonyl (C=O) groups excluding carboxylic acids is 1. The van der Waals surface area contributed by atoms with Crippen LogP contribution in [-0.2, 0) is 19.0 Å². The van der Waals surface area contributed by atoms with E-state index in [1.165, 1.54) is 0 Å². The van der Waals surface area contributed by atoms with E-state index in [1.54, 1.807) is 13.8 Å². The summed E-state index contributed by atoms with van der Waals surface area (Å²) in [6, 6.07) is 0. The van der Waals surface area contributed by atoms with E-state index in [2.05, 4.69) is 0 Å². The van der Waals surface area contributed by atoms with Gasteiger partial charge >= 0.3 is 5.97 Å². The van der Waals surface area contributed by atoms with Crippen molar-refractivity contribution in [3.8, 4) is 0 Å². The summed E-state index contributed by atoms with van der Waals surface area (Å²) in [5, 5.41) is 0. The van der Waals surface area contributed by atoms with Crippen molar-refractivity contribution in [1.82, 2.24) is 0 Å². The SMILES string of the molecule is CC1(C)O[C@@H]2[C@@H](CN)OC(=O)[C@@H]2O1. The molecule has 5 nitrogen and oxygen atoms in total. The summed E-state index contributed by atoms with van der Waals surface area (Å²) < 4.78 is 15.8. The molecule has 0 spiro atoms. The largest absolute Gasteiger partial charge is 0.456 e. The first kappa shape index (κ1) is 8.93. The topological polar surface area (TPSA) is 70.8 Å². The van der Waals surface area contributed by atoms with E-state index in [0.717, 1.165) is 0 Å². The highest BCUT2D eigenvalue weighted by Gasteiger charge is 2.55. The smallest absolute Gasteiger partial charge is 0.338 e. The number of fused-ring (bicyclic) bond motifs is 1. The zero-order valence-electron chi connectivity index (χ0n) is 7.65. The lowest BCUT2D eigenvalue weighted by Gasteiger charge is -2.20. The van der Waals surface area contributed by atoms with Crippen LogP contribution in [0.4, 0.5) is 0 Å². The van der Waals surface area contributed by atoms with E-state index in [1.807, 2.05) is 0 Å². The Hall–Kier alpha value is -0.650. The van der Waals surface area contributed by atoms with Gasteiger partial charge in [0.1, 0.15) is 12.2 Å². The van der Waals surface area contributed by atoms with Crippen molar-refractivity contribution < 1.29 is 19.0 Å². The summed E-state index contributed by atoms with van der Waals surface area (Å²) in [4.78, 5) is 11.2. The molecule has 5 heteroatoms. The van der Waals surface area contributed by atoms with Gasteiger partial charge in [0.2, 0.25) is 0 Å². The minimum absolute atomic E-state index is 0.270. The Bertz CT molecular complexity index is 240. The minimum atomic E-state index is -0.706. The van der Waals surface area contributed by atoms with Gasteiger partial charge in [-0.2, -0.15) is 0 Å². The molecular weight excluding hydrogens is 174 g/mol. The van der Waals surface area contributed by atoms with Crippen LogP contribution in [0.3, 0.4) is 0 Å². The maximum Gasteiger partial charge on any atom is 0.338 e. The molecule has 0 unspecified atom stereocenters. The van der Waals surface area contributed by atoms with Gasteiger partial charge in [0, 0.05) is 6.54 Å². The van der Waals surface area contributed by atoms with Crippen molar-refractivity contribution in [2.24, 2.45) is 5.73 Å². The van der Waals surface area contributed by atoms with Gasteiger partial charge in [-0.15, -0.1) is 0 Å². The first-order valence-corrected chi connectivity index (χ1v) is 4.30. The van der Waals surface area contributed by atoms with Crippen LogP contribution in [0, 0.1) is 0 Å². The molecule has 2 aliphatic heterocycles. The van der Waals surface area contributed by atoms with E-state index in [-0.39, 0.29) is 24.7 Å². The molecule has 2 aliphatic rings. The number of hydrogen-bond donors (Lipinski definition) is 1. The van der Waals surface area contributed by atoms with Crippen LogP contribution >= 0.6 is 0 Å². The first-order chi connectivity index (χ1) is 6.03. The Labute approximate surface area is 76.1 Å². The Morgan fingerprint density at radius 2 is 2.15 bits per heavy atom. The molecule has 2 N–H and O–H groups in total. The third-order valence-corrected chi connectivity index (χ3v) is 2.23. The van der Waals surface area contributed by atoms with Crippen LogP contribution < -0.4 is 5.73 Å². The van der Waals surface area contributed by atoms with Crippen LogP contribution in [0.1, 0.15) is 13.8 Å². The monoisotopic (exact) mass is 187 g/mol. The van der Waals surface area contributed by atoms with Gasteiger partial charge in [-0.25, -0.2) is 4.79 Å². The van der Waals surface area contributed by atoms with Gasteiger partial charge in [-0.3, -0.25) is 0 Å². The van der Waals surface area contributed by atoms with Crippen LogP contribution in [-0.4, -0.2) is 36.6 Å². The number of ether oxygens (including phenoxy) is 3. The second-order valence-corrected chi connectivity index (χ2v) is 3.73. The molecule has 0 aromatic heterocycles. The maximum atomic E-state index is 11.2. The number of rotatable bonds is 1. The molecule has 0 amide bonds. The number of esters is 1. The van der Waals surface area contributed by atoms with Gasteiger partial charge < -0.3 is 19.9 Å². The number of hydrogen-bond acceptors (Lipinski definition) is 5. The van der Waals surface area contributed by atoms with E-state index in [9.17, 15) is 4.79 Å². The predicted molar refractivity (Wildman–Crippen MR) is 42.8 cm³/mol. The van der Waals surface area contributed by atoms with E-state index < -0.39 is 11.9 Å². The number of cyclic esters (lactones) is 1. The summed E-state index contributed by atoms with van der Waals surface area (Å²) in [5.74, 6) is -1.08. The fraction of sp³-hybridized carbons (Fsp3) is 0.875. The quantitative estimate of drug-likeness (QED) is 0.554. The molecular formula is C8H13NO4. The van der Waals surface area contributed by atoms with E-state index in [4.69, 9.17) is 19.9 Å². The summed E-state index contributed by atoms with van der Waals surface area (Å²) in [6.45, 7) is 3.81. The molecule has 2 fully saturated rings. The normalized spacial score (nSPS) is 41.8. The maximum absolute atomic E-state index is 11.2. The second-order valence-electron chi connectivity index (χ2n) is 3.73. The molecule has 0 saturated carbocycles. The van der Waals surface area contributed by atoms with Crippen molar-refractivity contribution in [2.45, 2.75) is 37.9 Å². The van der Waals surface area contributed by atoms with E-state index in [0.29, 0.717) is 0 Å². The molecule has 2 saturated heterocycles. The molecule has 0 radical (unpaired) electrons. The van der Waals surface area contributed by atoms with Crippen LogP contribution in [0.25, 0.3) is 0 Å². The fourth-order valence-electron chi connectivity index (χ4n) is 1.71. The Morgan fingerprint density at radius 3 is 2.77 bits per heavy atom. The van der Waals surface area contributed by atoms with Gasteiger partial charge in [0.25, 0.3) is 0 Å². The highest BCUT2D eigenvalue weighted by molar-refractivity contribution is 5.78. The lowest BCUT2D eigenvalue weighted by molar-refractivity contribution is -0.185. The Kier molecular flexibility index (Phi) is 1.83. The van der Waals surface area contributed by atoms with Crippen LogP contribution in [0.2, 0.25) is 0 Å². The number of carbonyl (C=O) groups is 1. The van der Waals surface area contributed by atoms with Gasteiger partial charge in [0.15, 0.2) is 11.9 Å².